The van der Waals surface area contributed by atoms with E-state index in [1.165, 1.54) is 87.7 Å². The van der Waals surface area contributed by atoms with Crippen molar-refractivity contribution in [3.8, 4) is 89.5 Å². The van der Waals surface area contributed by atoms with Gasteiger partial charge >= 0.3 is 0 Å². The van der Waals surface area contributed by atoms with Crippen molar-refractivity contribution in [2.75, 3.05) is 0 Å². The van der Waals surface area contributed by atoms with Gasteiger partial charge in [-0.15, -0.1) is 0 Å². The maximum atomic E-state index is 5.12. The van der Waals surface area contributed by atoms with Crippen LogP contribution in [0.3, 0.4) is 0 Å². The molecule has 9 aromatic rings. The van der Waals surface area contributed by atoms with Gasteiger partial charge in [0.25, 0.3) is 0 Å². The summed E-state index contributed by atoms with van der Waals surface area (Å²) >= 11 is 0. The van der Waals surface area contributed by atoms with Crippen molar-refractivity contribution in [2.45, 2.75) is 37.5 Å². The van der Waals surface area contributed by atoms with E-state index in [9.17, 15) is 0 Å². The average molecular weight is 769 g/mol. The van der Waals surface area contributed by atoms with Crippen LogP contribution in [0, 0.1) is 0 Å². The van der Waals surface area contributed by atoms with E-state index >= 15 is 0 Å². The summed E-state index contributed by atoms with van der Waals surface area (Å²) < 4.78 is 0. The first-order valence-electron chi connectivity index (χ1n) is 21.4. The molecule has 0 radical (unpaired) electrons. The molecule has 1 heterocycles. The van der Waals surface area contributed by atoms with Gasteiger partial charge in [0.05, 0.1) is 11.4 Å². The van der Waals surface area contributed by atoms with E-state index in [1.807, 2.05) is 12.1 Å². The molecule has 60 heavy (non-hydrogen) atoms. The van der Waals surface area contributed by atoms with Crippen molar-refractivity contribution in [2.24, 2.45) is 0 Å². The highest BCUT2D eigenvalue weighted by Gasteiger charge is 2.43. The Labute approximate surface area is 353 Å². The van der Waals surface area contributed by atoms with Crippen molar-refractivity contribution < 1.29 is 0 Å². The minimum Gasteiger partial charge on any atom is -0.228 e. The van der Waals surface area contributed by atoms with Crippen LogP contribution in [-0.4, -0.2) is 9.97 Å². The van der Waals surface area contributed by atoms with Gasteiger partial charge in [-0.1, -0.05) is 207 Å². The fourth-order valence-corrected chi connectivity index (χ4v) is 9.82. The molecule has 0 amide bonds. The molecule has 2 heteroatoms. The number of hydrogen-bond donors (Lipinski definition) is 0. The molecule has 0 bridgehead atoms. The van der Waals surface area contributed by atoms with E-state index in [0.717, 1.165) is 33.6 Å². The minimum atomic E-state index is 0.164. The number of hydrogen-bond acceptors (Lipinski definition) is 2. The predicted molar refractivity (Wildman–Crippen MR) is 249 cm³/mol. The summed E-state index contributed by atoms with van der Waals surface area (Å²) in [5.41, 5.74) is 20.7. The monoisotopic (exact) mass is 768 g/mol. The lowest BCUT2D eigenvalue weighted by atomic mass is 9.67. The summed E-state index contributed by atoms with van der Waals surface area (Å²) in [5, 5.41) is 0. The zero-order chi connectivity index (χ0) is 39.9. The number of benzene rings is 8. The van der Waals surface area contributed by atoms with Crippen molar-refractivity contribution in [3.63, 3.8) is 0 Å². The third kappa shape index (κ3) is 6.55. The van der Waals surface area contributed by atoms with Crippen LogP contribution < -0.4 is 0 Å². The van der Waals surface area contributed by atoms with Gasteiger partial charge in [-0.2, -0.15) is 0 Å². The lowest BCUT2D eigenvalue weighted by molar-refractivity contribution is 0.353. The molecule has 2 aliphatic rings. The third-order valence-electron chi connectivity index (χ3n) is 12.9. The van der Waals surface area contributed by atoms with Gasteiger partial charge in [-0.05, 0) is 97.8 Å². The highest BCUT2D eigenvalue weighted by atomic mass is 14.9. The summed E-state index contributed by atoms with van der Waals surface area (Å²) in [6, 6.07) is 74.7. The van der Waals surface area contributed by atoms with Crippen LogP contribution in [0.4, 0.5) is 0 Å². The average Bonchev–Trinajstić information content (AvgIpc) is 3.60. The molecule has 1 fully saturated rings. The van der Waals surface area contributed by atoms with Gasteiger partial charge in [0, 0.05) is 22.1 Å². The van der Waals surface area contributed by atoms with Gasteiger partial charge in [-0.3, -0.25) is 0 Å². The predicted octanol–water partition coefficient (Wildman–Crippen LogP) is 15.4. The number of nitrogens with zero attached hydrogens (tertiary/aromatic N) is 2. The quantitative estimate of drug-likeness (QED) is 0.161. The van der Waals surface area contributed by atoms with E-state index < -0.39 is 0 Å². The molecule has 11 rings (SSSR count). The van der Waals surface area contributed by atoms with Gasteiger partial charge in [-0.25, -0.2) is 9.97 Å². The Morgan fingerprint density at radius 2 is 0.700 bits per heavy atom. The second kappa shape index (κ2) is 15.2. The maximum Gasteiger partial charge on any atom is 0.160 e. The maximum absolute atomic E-state index is 5.12. The summed E-state index contributed by atoms with van der Waals surface area (Å²) in [7, 11) is 0. The van der Waals surface area contributed by atoms with Gasteiger partial charge in [0.1, 0.15) is 0 Å². The lowest BCUT2D eigenvalue weighted by Gasteiger charge is -2.36. The molecule has 0 N–H and O–H groups in total. The molecule has 8 aromatic carbocycles. The molecule has 0 saturated heterocycles. The normalized spacial score (nSPS) is 13.8. The van der Waals surface area contributed by atoms with Crippen LogP contribution in [0.5, 0.6) is 0 Å². The Bertz CT molecular complexity index is 2960. The van der Waals surface area contributed by atoms with Gasteiger partial charge in [0.2, 0.25) is 0 Å². The molecule has 2 nitrogen and oxygen atoms in total. The second-order valence-electron chi connectivity index (χ2n) is 16.5. The third-order valence-corrected chi connectivity index (χ3v) is 12.9. The van der Waals surface area contributed by atoms with Crippen LogP contribution in [0.15, 0.2) is 206 Å². The summed E-state index contributed by atoms with van der Waals surface area (Å²) in [6.45, 7) is 0. The van der Waals surface area contributed by atoms with E-state index in [2.05, 4.69) is 194 Å². The number of aromatic nitrogens is 2. The first-order valence-corrected chi connectivity index (χ1v) is 21.4. The Balaban J connectivity index is 0.864. The van der Waals surface area contributed by atoms with Crippen LogP contribution in [0.2, 0.25) is 0 Å². The molecule has 2 aliphatic carbocycles. The van der Waals surface area contributed by atoms with Crippen molar-refractivity contribution in [1.29, 1.82) is 0 Å². The Hall–Kier alpha value is -7.16. The van der Waals surface area contributed by atoms with Crippen molar-refractivity contribution in [1.82, 2.24) is 9.97 Å². The Morgan fingerprint density at radius 1 is 0.283 bits per heavy atom. The SMILES string of the molecule is c1ccc(-c2ccc(-c3cc(-c4ccccc4)nc(-c4ccc(-c5cccc(-c6ccc(-c7ccc8c(c7)C7(CCCCC7)c7ccccc7-8)cc6)c5)cc4)n3)cc2)cc1. The molecular formula is C58H44N2. The van der Waals surface area contributed by atoms with E-state index in [4.69, 9.17) is 9.97 Å². The number of rotatable bonds is 7. The smallest absolute Gasteiger partial charge is 0.160 e. The molecule has 1 spiro atoms. The van der Waals surface area contributed by atoms with Gasteiger partial charge < -0.3 is 0 Å². The fraction of sp³-hybridized carbons (Fsp3) is 0.103. The highest BCUT2D eigenvalue weighted by molar-refractivity contribution is 5.85. The Morgan fingerprint density at radius 3 is 1.32 bits per heavy atom. The van der Waals surface area contributed by atoms with Crippen LogP contribution in [0.25, 0.3) is 89.5 Å². The largest absolute Gasteiger partial charge is 0.228 e. The van der Waals surface area contributed by atoms with Crippen LogP contribution in [0.1, 0.15) is 43.2 Å². The highest BCUT2D eigenvalue weighted by Crippen LogP contribution is 2.56. The standard InChI is InChI=1S/C58H44N2/c1-4-13-40(14-5-1)41-25-29-46(30-26-41)56-39-55(45-15-6-2-7-16-45)59-57(60-56)47-31-27-43(28-32-47)49-18-12-17-48(37-49)42-21-23-44(24-22-42)50-33-34-52-51-19-8-9-20-53(51)58(54(52)38-50)35-10-3-11-36-58/h1-2,4-9,12-34,37-39H,3,10-11,35-36H2. The zero-order valence-corrected chi connectivity index (χ0v) is 33.6. The molecule has 0 unspecified atom stereocenters. The molecule has 0 atom stereocenters. The summed E-state index contributed by atoms with van der Waals surface area (Å²) in [6.07, 6.45) is 6.45. The second-order valence-corrected chi connectivity index (χ2v) is 16.5. The molecular weight excluding hydrogens is 725 g/mol. The fourth-order valence-electron chi connectivity index (χ4n) is 9.82. The summed E-state index contributed by atoms with van der Waals surface area (Å²) in [4.78, 5) is 10.2. The van der Waals surface area contributed by atoms with Crippen LogP contribution in [-0.2, 0) is 5.41 Å². The minimum absolute atomic E-state index is 0.164. The van der Waals surface area contributed by atoms with E-state index in [-0.39, 0.29) is 5.41 Å². The first kappa shape index (κ1) is 36.0. The van der Waals surface area contributed by atoms with Crippen molar-refractivity contribution in [3.05, 3.63) is 217 Å². The van der Waals surface area contributed by atoms with Gasteiger partial charge in [0.15, 0.2) is 5.82 Å². The van der Waals surface area contributed by atoms with Crippen molar-refractivity contribution >= 4 is 0 Å². The van der Waals surface area contributed by atoms with Crippen LogP contribution >= 0.6 is 0 Å². The van der Waals surface area contributed by atoms with E-state index in [0.29, 0.717) is 5.82 Å². The number of fused-ring (bicyclic) bond motifs is 5. The van der Waals surface area contributed by atoms with E-state index in [1.54, 1.807) is 5.56 Å². The zero-order valence-electron chi connectivity index (χ0n) is 33.6. The topological polar surface area (TPSA) is 25.8 Å². The molecule has 1 saturated carbocycles. The molecule has 286 valence electrons. The molecule has 0 aliphatic heterocycles. The Kier molecular flexibility index (Phi) is 9.12. The lowest BCUT2D eigenvalue weighted by Crippen LogP contribution is -2.28. The first-order chi connectivity index (χ1) is 29.7. The molecule has 1 aromatic heterocycles. The summed E-state index contributed by atoms with van der Waals surface area (Å²) in [5.74, 6) is 0.709.